The molecule has 5 nitrogen and oxygen atoms in total. The minimum absolute atomic E-state index is 0. The predicted molar refractivity (Wildman–Crippen MR) is 120 cm³/mol. The maximum absolute atomic E-state index is 13.0. The third-order valence-corrected chi connectivity index (χ3v) is 6.88. The SMILES string of the molecule is CC(N)C1CCN(C(=O)c2ccsc2NC(=O)c2ccc3c(c2)CCC3)CC1.Cl. The van der Waals surface area contributed by atoms with E-state index >= 15 is 0 Å². The molecule has 4 rings (SSSR count). The molecule has 0 radical (unpaired) electrons. The smallest absolute Gasteiger partial charge is 0.256 e. The minimum Gasteiger partial charge on any atom is -0.339 e. The quantitative estimate of drug-likeness (QED) is 0.761. The first-order valence-electron chi connectivity index (χ1n) is 10.1. The first kappa shape index (κ1) is 21.8. The highest BCUT2D eigenvalue weighted by molar-refractivity contribution is 7.14. The van der Waals surface area contributed by atoms with E-state index in [1.807, 2.05) is 35.4 Å². The summed E-state index contributed by atoms with van der Waals surface area (Å²) >= 11 is 1.40. The number of carbonyl (C=O) groups is 2. The molecule has 29 heavy (non-hydrogen) atoms. The van der Waals surface area contributed by atoms with Gasteiger partial charge in [0.1, 0.15) is 5.00 Å². The van der Waals surface area contributed by atoms with Gasteiger partial charge < -0.3 is 16.0 Å². The van der Waals surface area contributed by atoms with Gasteiger partial charge in [-0.1, -0.05) is 6.07 Å². The van der Waals surface area contributed by atoms with Gasteiger partial charge in [-0.15, -0.1) is 23.7 Å². The summed E-state index contributed by atoms with van der Waals surface area (Å²) in [7, 11) is 0. The Balaban J connectivity index is 0.00000240. The van der Waals surface area contributed by atoms with E-state index < -0.39 is 0 Å². The van der Waals surface area contributed by atoms with Gasteiger partial charge in [0.15, 0.2) is 0 Å². The lowest BCUT2D eigenvalue weighted by atomic mass is 9.91. The number of piperidine rings is 1. The molecular weight excluding hydrogens is 406 g/mol. The number of rotatable bonds is 4. The van der Waals surface area contributed by atoms with Crippen molar-refractivity contribution < 1.29 is 9.59 Å². The van der Waals surface area contributed by atoms with Crippen molar-refractivity contribution in [2.45, 2.75) is 45.1 Å². The minimum atomic E-state index is -0.151. The summed E-state index contributed by atoms with van der Waals surface area (Å²) in [4.78, 5) is 27.6. The van der Waals surface area contributed by atoms with Gasteiger partial charge in [0.05, 0.1) is 5.56 Å². The topological polar surface area (TPSA) is 75.4 Å². The Hall–Kier alpha value is -1.89. The third kappa shape index (κ3) is 4.65. The highest BCUT2D eigenvalue weighted by atomic mass is 35.5. The van der Waals surface area contributed by atoms with Gasteiger partial charge in [0.25, 0.3) is 11.8 Å². The normalized spacial score (nSPS) is 17.4. The molecular formula is C22H28ClN3O2S. The van der Waals surface area contributed by atoms with E-state index in [1.165, 1.54) is 22.5 Å². The van der Waals surface area contributed by atoms with E-state index in [4.69, 9.17) is 5.73 Å². The standard InChI is InChI=1S/C22H27N3O2S.ClH/c1-14(23)15-7-10-25(11-8-15)22(27)19-9-12-28-21(19)24-20(26)18-6-5-16-3-2-4-17(16)13-18;/h5-6,9,12-15H,2-4,7-8,10-11,23H2,1H3,(H,24,26);1H. The monoisotopic (exact) mass is 433 g/mol. The number of carbonyl (C=O) groups excluding carboxylic acids is 2. The van der Waals surface area contributed by atoms with Crippen LogP contribution in [0.3, 0.4) is 0 Å². The molecule has 2 aromatic rings. The van der Waals surface area contributed by atoms with Crippen LogP contribution in [0.15, 0.2) is 29.6 Å². The van der Waals surface area contributed by atoms with Crippen molar-refractivity contribution in [3.05, 3.63) is 51.9 Å². The van der Waals surface area contributed by atoms with Crippen molar-refractivity contribution in [3.8, 4) is 0 Å². The van der Waals surface area contributed by atoms with E-state index in [0.717, 1.165) is 45.2 Å². The molecule has 3 N–H and O–H groups in total. The molecule has 1 unspecified atom stereocenters. The molecule has 2 aliphatic rings. The maximum Gasteiger partial charge on any atom is 0.256 e. The molecule has 1 aromatic heterocycles. The Labute approximate surface area is 182 Å². The summed E-state index contributed by atoms with van der Waals surface area (Å²) in [6, 6.07) is 7.91. The molecule has 1 aliphatic carbocycles. The first-order valence-corrected chi connectivity index (χ1v) is 11.0. The van der Waals surface area contributed by atoms with Crippen molar-refractivity contribution in [3.63, 3.8) is 0 Å². The number of halogens is 1. The second-order valence-corrected chi connectivity index (χ2v) is 8.86. The number of hydrogen-bond donors (Lipinski definition) is 2. The lowest BCUT2D eigenvalue weighted by Crippen LogP contribution is -2.42. The van der Waals surface area contributed by atoms with E-state index in [9.17, 15) is 9.59 Å². The molecule has 1 aromatic carbocycles. The number of hydrogen-bond acceptors (Lipinski definition) is 4. The summed E-state index contributed by atoms with van der Waals surface area (Å²) < 4.78 is 0. The molecule has 7 heteroatoms. The van der Waals surface area contributed by atoms with Crippen molar-refractivity contribution >= 4 is 40.6 Å². The van der Waals surface area contributed by atoms with Crippen LogP contribution in [0.2, 0.25) is 0 Å². The summed E-state index contributed by atoms with van der Waals surface area (Å²) in [5.41, 5.74) is 9.86. The fourth-order valence-corrected chi connectivity index (χ4v) is 5.04. The third-order valence-electron chi connectivity index (χ3n) is 6.05. The van der Waals surface area contributed by atoms with Crippen LogP contribution in [0, 0.1) is 5.92 Å². The molecule has 0 saturated carbocycles. The number of amides is 2. The van der Waals surface area contributed by atoms with Crippen LogP contribution < -0.4 is 11.1 Å². The number of nitrogens with one attached hydrogen (secondary N) is 1. The second-order valence-electron chi connectivity index (χ2n) is 7.94. The Morgan fingerprint density at radius 1 is 1.17 bits per heavy atom. The maximum atomic E-state index is 13.0. The Morgan fingerprint density at radius 2 is 1.90 bits per heavy atom. The molecule has 1 aliphatic heterocycles. The molecule has 0 spiro atoms. The van der Waals surface area contributed by atoms with Crippen molar-refractivity contribution in [2.75, 3.05) is 18.4 Å². The second kappa shape index (κ2) is 9.28. The lowest BCUT2D eigenvalue weighted by Gasteiger charge is -2.33. The van der Waals surface area contributed by atoms with E-state index in [-0.39, 0.29) is 30.3 Å². The van der Waals surface area contributed by atoms with Crippen molar-refractivity contribution in [1.29, 1.82) is 0 Å². The Morgan fingerprint density at radius 3 is 2.62 bits per heavy atom. The molecule has 1 saturated heterocycles. The van der Waals surface area contributed by atoms with E-state index in [2.05, 4.69) is 11.4 Å². The summed E-state index contributed by atoms with van der Waals surface area (Å²) in [5.74, 6) is 0.320. The highest BCUT2D eigenvalue weighted by Crippen LogP contribution is 2.29. The lowest BCUT2D eigenvalue weighted by molar-refractivity contribution is 0.0682. The number of anilines is 1. The number of aryl methyl sites for hydroxylation is 2. The van der Waals surface area contributed by atoms with Gasteiger partial charge in [-0.2, -0.15) is 0 Å². The van der Waals surface area contributed by atoms with E-state index in [0.29, 0.717) is 22.0 Å². The van der Waals surface area contributed by atoms with Crippen LogP contribution in [0.25, 0.3) is 0 Å². The first-order chi connectivity index (χ1) is 13.5. The summed E-state index contributed by atoms with van der Waals surface area (Å²) in [6.07, 6.45) is 5.16. The van der Waals surface area contributed by atoms with Gasteiger partial charge in [0.2, 0.25) is 0 Å². The fourth-order valence-electron chi connectivity index (χ4n) is 4.26. The van der Waals surface area contributed by atoms with Crippen LogP contribution >= 0.6 is 23.7 Å². The molecule has 156 valence electrons. The Kier molecular flexibility index (Phi) is 6.98. The predicted octanol–water partition coefficient (Wildman–Crippen LogP) is 4.11. The van der Waals surface area contributed by atoms with E-state index in [1.54, 1.807) is 0 Å². The average molecular weight is 434 g/mol. The molecule has 1 fully saturated rings. The summed E-state index contributed by atoms with van der Waals surface area (Å²) in [6.45, 7) is 3.48. The fraction of sp³-hybridized carbons (Fsp3) is 0.455. The molecule has 2 heterocycles. The van der Waals surface area contributed by atoms with Crippen LogP contribution in [-0.2, 0) is 12.8 Å². The Bertz CT molecular complexity index is 888. The zero-order valence-corrected chi connectivity index (χ0v) is 18.3. The van der Waals surface area contributed by atoms with Gasteiger partial charge in [-0.05, 0) is 79.7 Å². The van der Waals surface area contributed by atoms with Crippen molar-refractivity contribution in [1.82, 2.24) is 4.90 Å². The number of benzene rings is 1. The number of likely N-dealkylation sites (tertiary alicyclic amines) is 1. The van der Waals surface area contributed by atoms with Crippen LogP contribution in [0.5, 0.6) is 0 Å². The van der Waals surface area contributed by atoms with Crippen molar-refractivity contribution in [2.24, 2.45) is 11.7 Å². The molecule has 1 atom stereocenters. The number of fused-ring (bicyclic) bond motifs is 1. The van der Waals surface area contributed by atoms with Gasteiger partial charge >= 0.3 is 0 Å². The van der Waals surface area contributed by atoms with Gasteiger partial charge in [-0.3, -0.25) is 9.59 Å². The van der Waals surface area contributed by atoms with Gasteiger partial charge in [-0.25, -0.2) is 0 Å². The highest BCUT2D eigenvalue weighted by Gasteiger charge is 2.27. The number of nitrogens with zero attached hydrogens (tertiary/aromatic N) is 1. The zero-order chi connectivity index (χ0) is 19.7. The largest absolute Gasteiger partial charge is 0.339 e. The van der Waals surface area contributed by atoms with Crippen LogP contribution in [0.1, 0.15) is 58.0 Å². The zero-order valence-electron chi connectivity index (χ0n) is 16.6. The van der Waals surface area contributed by atoms with Crippen LogP contribution in [-0.4, -0.2) is 35.8 Å². The molecule has 0 bridgehead atoms. The average Bonchev–Trinajstić information content (AvgIpc) is 3.36. The number of nitrogens with two attached hydrogens (primary N) is 1. The summed E-state index contributed by atoms with van der Waals surface area (Å²) in [5, 5.41) is 5.45. The van der Waals surface area contributed by atoms with Gasteiger partial charge in [0, 0.05) is 24.7 Å². The number of thiophene rings is 1. The molecule has 2 amide bonds. The van der Waals surface area contributed by atoms with Crippen LogP contribution in [0.4, 0.5) is 5.00 Å².